The van der Waals surface area contributed by atoms with Crippen molar-refractivity contribution in [2.45, 2.75) is 39.8 Å². The summed E-state index contributed by atoms with van der Waals surface area (Å²) in [5.41, 5.74) is 2.45. The van der Waals surface area contributed by atoms with Crippen molar-refractivity contribution in [3.05, 3.63) is 23.3 Å². The number of quaternary nitrogens is 2. The van der Waals surface area contributed by atoms with Crippen LogP contribution in [-0.2, 0) is 20.9 Å². The van der Waals surface area contributed by atoms with Crippen LogP contribution in [0.15, 0.2) is 12.1 Å². The maximum atomic E-state index is 12.5. The Morgan fingerprint density at radius 3 is 2.16 bits per heavy atom. The van der Waals surface area contributed by atoms with Crippen LogP contribution in [0.3, 0.4) is 0 Å². The first-order valence-electron chi connectivity index (χ1n) is 11.1. The van der Waals surface area contributed by atoms with Crippen molar-refractivity contribution in [2.24, 2.45) is 5.92 Å². The first kappa shape index (κ1) is 24.9. The SMILES string of the molecule is CC[C@@H](C)[C@H](NC(=O)C[NH+]1CC[NH+](Cc2cc(OC)c(OC)cc2C)CC1)C(=O)OC. The van der Waals surface area contributed by atoms with Crippen LogP contribution in [0.5, 0.6) is 11.5 Å². The molecule has 0 saturated carbocycles. The number of hydrogen-bond acceptors (Lipinski definition) is 5. The molecule has 3 N–H and O–H groups in total. The van der Waals surface area contributed by atoms with Crippen LogP contribution in [0, 0.1) is 12.8 Å². The number of methoxy groups -OCH3 is 3. The molecule has 1 amide bonds. The molecule has 1 saturated heterocycles. The van der Waals surface area contributed by atoms with E-state index in [9.17, 15) is 9.59 Å². The van der Waals surface area contributed by atoms with E-state index in [0.717, 1.165) is 50.6 Å². The molecule has 1 aliphatic heterocycles. The number of benzene rings is 1. The second kappa shape index (κ2) is 11.9. The predicted molar refractivity (Wildman–Crippen MR) is 118 cm³/mol. The van der Waals surface area contributed by atoms with Crippen LogP contribution in [0.4, 0.5) is 0 Å². The predicted octanol–water partition coefficient (Wildman–Crippen LogP) is -1.00. The molecule has 0 aliphatic carbocycles. The van der Waals surface area contributed by atoms with E-state index in [2.05, 4.69) is 18.3 Å². The molecule has 1 fully saturated rings. The number of esters is 1. The Bertz CT molecular complexity index is 747. The van der Waals surface area contributed by atoms with Crippen LogP contribution in [0.25, 0.3) is 0 Å². The second-order valence-electron chi connectivity index (χ2n) is 8.44. The van der Waals surface area contributed by atoms with Crippen LogP contribution in [0.2, 0.25) is 0 Å². The van der Waals surface area contributed by atoms with Gasteiger partial charge in [-0.2, -0.15) is 0 Å². The van der Waals surface area contributed by atoms with Crippen LogP contribution < -0.4 is 24.6 Å². The average molecular weight is 438 g/mol. The summed E-state index contributed by atoms with van der Waals surface area (Å²) < 4.78 is 15.7. The first-order chi connectivity index (χ1) is 14.8. The fraction of sp³-hybridized carbons (Fsp3) is 0.652. The van der Waals surface area contributed by atoms with Crippen molar-refractivity contribution in [2.75, 3.05) is 54.1 Å². The number of piperazine rings is 1. The van der Waals surface area contributed by atoms with E-state index in [1.165, 1.54) is 28.0 Å². The van der Waals surface area contributed by atoms with Gasteiger partial charge in [0, 0.05) is 5.56 Å². The number of aryl methyl sites for hydroxylation is 1. The minimum absolute atomic E-state index is 0.0393. The summed E-state index contributed by atoms with van der Waals surface area (Å²) in [7, 11) is 4.66. The van der Waals surface area contributed by atoms with Gasteiger partial charge in [-0.05, 0) is 30.5 Å². The molecule has 0 unspecified atom stereocenters. The summed E-state index contributed by atoms with van der Waals surface area (Å²) in [6, 6.07) is 3.51. The lowest BCUT2D eigenvalue weighted by atomic mass is 9.99. The molecule has 0 bridgehead atoms. The molecule has 0 radical (unpaired) electrons. The highest BCUT2D eigenvalue weighted by molar-refractivity contribution is 5.85. The molecular weight excluding hydrogens is 398 g/mol. The van der Waals surface area contributed by atoms with Gasteiger partial charge in [0.2, 0.25) is 0 Å². The molecule has 8 nitrogen and oxygen atoms in total. The zero-order valence-electron chi connectivity index (χ0n) is 19.8. The molecule has 1 aromatic carbocycles. The lowest BCUT2D eigenvalue weighted by Crippen LogP contribution is -3.28. The maximum Gasteiger partial charge on any atom is 0.328 e. The molecule has 1 aromatic rings. The Labute approximate surface area is 185 Å². The lowest BCUT2D eigenvalue weighted by molar-refractivity contribution is -1.02. The normalized spacial score (nSPS) is 20.5. The van der Waals surface area contributed by atoms with Crippen LogP contribution >= 0.6 is 0 Å². The van der Waals surface area contributed by atoms with Gasteiger partial charge in [0.05, 0.1) is 21.3 Å². The molecule has 31 heavy (non-hydrogen) atoms. The summed E-state index contributed by atoms with van der Waals surface area (Å²) in [4.78, 5) is 27.3. The summed E-state index contributed by atoms with van der Waals surface area (Å²) >= 11 is 0. The molecule has 1 aliphatic rings. The third kappa shape index (κ3) is 6.83. The highest BCUT2D eigenvalue weighted by Gasteiger charge is 2.30. The molecule has 8 heteroatoms. The zero-order valence-corrected chi connectivity index (χ0v) is 19.8. The van der Waals surface area contributed by atoms with E-state index in [1.54, 1.807) is 14.2 Å². The van der Waals surface area contributed by atoms with Gasteiger partial charge in [-0.15, -0.1) is 0 Å². The van der Waals surface area contributed by atoms with E-state index in [4.69, 9.17) is 14.2 Å². The van der Waals surface area contributed by atoms with Gasteiger partial charge in [0.25, 0.3) is 5.91 Å². The van der Waals surface area contributed by atoms with E-state index >= 15 is 0 Å². The summed E-state index contributed by atoms with van der Waals surface area (Å²) in [5.74, 6) is 1.08. The Morgan fingerprint density at radius 2 is 1.61 bits per heavy atom. The largest absolute Gasteiger partial charge is 0.493 e. The quantitative estimate of drug-likeness (QED) is 0.409. The first-order valence-corrected chi connectivity index (χ1v) is 11.1. The fourth-order valence-electron chi connectivity index (χ4n) is 4.04. The summed E-state index contributed by atoms with van der Waals surface area (Å²) in [6.45, 7) is 11.2. The molecular formula is C23H39N3O5+2. The van der Waals surface area contributed by atoms with Crippen molar-refractivity contribution < 1.29 is 33.6 Å². The summed E-state index contributed by atoms with van der Waals surface area (Å²) in [5, 5.41) is 2.88. The van der Waals surface area contributed by atoms with Gasteiger partial charge >= 0.3 is 5.97 Å². The zero-order chi connectivity index (χ0) is 23.0. The van der Waals surface area contributed by atoms with Crippen LogP contribution in [-0.4, -0.2) is 72.0 Å². The van der Waals surface area contributed by atoms with Crippen molar-refractivity contribution in [3.63, 3.8) is 0 Å². The average Bonchev–Trinajstić information content (AvgIpc) is 2.78. The van der Waals surface area contributed by atoms with Gasteiger partial charge in [-0.25, -0.2) is 4.79 Å². The number of rotatable bonds is 10. The van der Waals surface area contributed by atoms with E-state index in [1.807, 2.05) is 19.9 Å². The Morgan fingerprint density at radius 1 is 1.03 bits per heavy atom. The minimum Gasteiger partial charge on any atom is -0.493 e. The Balaban J connectivity index is 1.87. The molecule has 2 rings (SSSR count). The van der Waals surface area contributed by atoms with E-state index in [-0.39, 0.29) is 17.8 Å². The smallest absolute Gasteiger partial charge is 0.328 e. The van der Waals surface area contributed by atoms with Gasteiger partial charge < -0.3 is 29.3 Å². The molecule has 0 spiro atoms. The number of carbonyl (C=O) groups is 2. The highest BCUT2D eigenvalue weighted by atomic mass is 16.5. The summed E-state index contributed by atoms with van der Waals surface area (Å²) in [6.07, 6.45) is 0.796. The maximum absolute atomic E-state index is 12.5. The third-order valence-corrected chi connectivity index (χ3v) is 6.34. The lowest BCUT2D eigenvalue weighted by Gasteiger charge is -2.30. The molecule has 174 valence electrons. The van der Waals surface area contributed by atoms with E-state index < -0.39 is 6.04 Å². The second-order valence-corrected chi connectivity index (χ2v) is 8.44. The van der Waals surface area contributed by atoms with Crippen molar-refractivity contribution in [3.8, 4) is 11.5 Å². The standard InChI is InChI=1S/C23H37N3O5/c1-7-16(2)22(23(28)31-6)24-21(27)15-26-10-8-25(9-11-26)14-18-13-20(30-5)19(29-4)12-17(18)3/h12-13,16,22H,7-11,14-15H2,1-6H3,(H,24,27)/p+2/t16-,22+/m1/s1. The fourth-order valence-corrected chi connectivity index (χ4v) is 4.04. The molecule has 0 aromatic heterocycles. The van der Waals surface area contributed by atoms with Gasteiger partial charge in [-0.1, -0.05) is 20.3 Å². The Kier molecular flexibility index (Phi) is 9.58. The number of hydrogen-bond donors (Lipinski definition) is 3. The molecule has 1 heterocycles. The monoisotopic (exact) mass is 437 g/mol. The number of amides is 1. The van der Waals surface area contributed by atoms with Gasteiger partial charge in [-0.3, -0.25) is 4.79 Å². The number of carbonyl (C=O) groups excluding carboxylic acids is 2. The minimum atomic E-state index is -0.582. The topological polar surface area (TPSA) is 82.7 Å². The van der Waals surface area contributed by atoms with Crippen LogP contribution in [0.1, 0.15) is 31.4 Å². The number of nitrogens with one attached hydrogen (secondary N) is 3. The molecule has 2 atom stereocenters. The highest BCUT2D eigenvalue weighted by Crippen LogP contribution is 2.29. The number of ether oxygens (including phenoxy) is 3. The Hall–Kier alpha value is -2.32. The van der Waals surface area contributed by atoms with Crippen molar-refractivity contribution in [1.82, 2.24) is 5.32 Å². The van der Waals surface area contributed by atoms with Gasteiger partial charge in [0.15, 0.2) is 18.0 Å². The van der Waals surface area contributed by atoms with Crippen molar-refractivity contribution >= 4 is 11.9 Å². The van der Waals surface area contributed by atoms with Crippen molar-refractivity contribution in [1.29, 1.82) is 0 Å². The van der Waals surface area contributed by atoms with E-state index in [0.29, 0.717) is 6.54 Å². The van der Waals surface area contributed by atoms with Gasteiger partial charge in [0.1, 0.15) is 38.8 Å². The third-order valence-electron chi connectivity index (χ3n) is 6.34.